The molecule has 2 aromatic rings. The number of fused-ring (bicyclic) bond motifs is 1. The normalized spacial score (nSPS) is 10.7. The summed E-state index contributed by atoms with van der Waals surface area (Å²) in [6, 6.07) is 11.7. The lowest BCUT2D eigenvalue weighted by Crippen LogP contribution is -2.32. The highest BCUT2D eigenvalue weighted by atomic mass is 16.6. The number of carbonyl (C=O) groups is 1. The molecule has 2 rings (SSSR count). The summed E-state index contributed by atoms with van der Waals surface area (Å²) >= 11 is 0. The van der Waals surface area contributed by atoms with Crippen LogP contribution in [0.25, 0.3) is 10.8 Å². The zero-order valence-electron chi connectivity index (χ0n) is 13.8. The number of hydrogen-bond donors (Lipinski definition) is 2. The van der Waals surface area contributed by atoms with Crippen LogP contribution >= 0.6 is 0 Å². The SMILES string of the molecule is CC(C)(C)OC(=O)NCCC#Cc1ccc(N)c2ccccc12. The van der Waals surface area contributed by atoms with Crippen LogP contribution in [0.2, 0.25) is 0 Å². The second-order valence-corrected chi connectivity index (χ2v) is 6.23. The first-order chi connectivity index (χ1) is 10.9. The minimum Gasteiger partial charge on any atom is -0.444 e. The number of alkyl carbamates (subject to hydrolysis) is 1. The van der Waals surface area contributed by atoms with E-state index in [1.807, 2.05) is 57.2 Å². The summed E-state index contributed by atoms with van der Waals surface area (Å²) in [5.74, 6) is 6.21. The molecule has 4 heteroatoms. The lowest BCUT2D eigenvalue weighted by molar-refractivity contribution is 0.0529. The van der Waals surface area contributed by atoms with Crippen LogP contribution in [0.3, 0.4) is 0 Å². The number of benzene rings is 2. The summed E-state index contributed by atoms with van der Waals surface area (Å²) in [4.78, 5) is 11.5. The Morgan fingerprint density at radius 3 is 2.57 bits per heavy atom. The standard InChI is InChI=1S/C19H22N2O2/c1-19(2,3)23-18(22)21-13-7-6-8-14-11-12-17(20)16-10-5-4-9-15(14)16/h4-5,9-12H,7,13,20H2,1-3H3,(H,21,22). The van der Waals surface area contributed by atoms with Crippen LogP contribution in [0.5, 0.6) is 0 Å². The van der Waals surface area contributed by atoms with Gasteiger partial charge in [0.25, 0.3) is 0 Å². The molecule has 0 unspecified atom stereocenters. The van der Waals surface area contributed by atoms with E-state index < -0.39 is 11.7 Å². The molecule has 0 heterocycles. The summed E-state index contributed by atoms with van der Waals surface area (Å²) in [5, 5.41) is 4.74. The van der Waals surface area contributed by atoms with E-state index in [0.717, 1.165) is 22.0 Å². The van der Waals surface area contributed by atoms with Crippen LogP contribution in [0.4, 0.5) is 10.5 Å². The van der Waals surface area contributed by atoms with Gasteiger partial charge in [0.15, 0.2) is 0 Å². The van der Waals surface area contributed by atoms with Crippen molar-refractivity contribution in [3.8, 4) is 11.8 Å². The fourth-order valence-corrected chi connectivity index (χ4v) is 2.13. The van der Waals surface area contributed by atoms with Crippen molar-refractivity contribution in [3.05, 3.63) is 42.0 Å². The Morgan fingerprint density at radius 1 is 1.17 bits per heavy atom. The van der Waals surface area contributed by atoms with E-state index in [1.54, 1.807) is 0 Å². The van der Waals surface area contributed by atoms with Gasteiger partial charge in [0.1, 0.15) is 5.60 Å². The molecule has 0 atom stereocenters. The molecule has 1 amide bonds. The summed E-state index contributed by atoms with van der Waals surface area (Å²) in [5.41, 5.74) is 7.17. The minimum atomic E-state index is -0.487. The van der Waals surface area contributed by atoms with Crippen molar-refractivity contribution < 1.29 is 9.53 Å². The highest BCUT2D eigenvalue weighted by Crippen LogP contribution is 2.23. The zero-order valence-corrected chi connectivity index (χ0v) is 13.8. The predicted octanol–water partition coefficient (Wildman–Crippen LogP) is 3.69. The third kappa shape index (κ3) is 4.93. The van der Waals surface area contributed by atoms with Crippen molar-refractivity contribution >= 4 is 22.6 Å². The van der Waals surface area contributed by atoms with E-state index >= 15 is 0 Å². The number of nitrogens with one attached hydrogen (secondary N) is 1. The minimum absolute atomic E-state index is 0.419. The Morgan fingerprint density at radius 2 is 1.87 bits per heavy atom. The first kappa shape index (κ1) is 16.7. The number of rotatable bonds is 2. The van der Waals surface area contributed by atoms with Gasteiger partial charge < -0.3 is 15.8 Å². The molecule has 0 aliphatic heterocycles. The number of ether oxygens (including phenoxy) is 1. The summed E-state index contributed by atoms with van der Waals surface area (Å²) < 4.78 is 5.16. The quantitative estimate of drug-likeness (QED) is 0.505. The number of nitrogens with two attached hydrogens (primary N) is 1. The fourth-order valence-electron chi connectivity index (χ4n) is 2.13. The van der Waals surface area contributed by atoms with Crippen LogP contribution in [0.15, 0.2) is 36.4 Å². The lowest BCUT2D eigenvalue weighted by atomic mass is 10.0. The monoisotopic (exact) mass is 310 g/mol. The van der Waals surface area contributed by atoms with E-state index in [2.05, 4.69) is 17.2 Å². The second-order valence-electron chi connectivity index (χ2n) is 6.23. The highest BCUT2D eigenvalue weighted by molar-refractivity contribution is 5.96. The molecular weight excluding hydrogens is 288 g/mol. The first-order valence-corrected chi connectivity index (χ1v) is 7.60. The molecule has 4 nitrogen and oxygen atoms in total. The number of nitrogen functional groups attached to an aromatic ring is 1. The molecule has 0 spiro atoms. The van der Waals surface area contributed by atoms with Gasteiger partial charge in [-0.2, -0.15) is 0 Å². The molecule has 0 fully saturated rings. The molecule has 120 valence electrons. The van der Waals surface area contributed by atoms with E-state index in [9.17, 15) is 4.79 Å². The lowest BCUT2D eigenvalue weighted by Gasteiger charge is -2.19. The van der Waals surface area contributed by atoms with Gasteiger partial charge in [-0.15, -0.1) is 0 Å². The maximum Gasteiger partial charge on any atom is 0.407 e. The molecule has 2 aromatic carbocycles. The zero-order chi connectivity index (χ0) is 16.9. The molecule has 23 heavy (non-hydrogen) atoms. The van der Waals surface area contributed by atoms with Crippen molar-refractivity contribution in [1.82, 2.24) is 5.32 Å². The Balaban J connectivity index is 1.96. The van der Waals surface area contributed by atoms with Crippen LogP contribution in [-0.2, 0) is 4.74 Å². The third-order valence-corrected chi connectivity index (χ3v) is 3.10. The van der Waals surface area contributed by atoms with Gasteiger partial charge in [-0.05, 0) is 38.3 Å². The molecule has 0 aliphatic rings. The smallest absolute Gasteiger partial charge is 0.407 e. The molecular formula is C19H22N2O2. The molecule has 0 saturated heterocycles. The summed E-state index contributed by atoms with van der Waals surface area (Å²) in [6.07, 6.45) is 0.134. The van der Waals surface area contributed by atoms with E-state index in [4.69, 9.17) is 10.5 Å². The van der Waals surface area contributed by atoms with E-state index in [-0.39, 0.29) is 0 Å². The van der Waals surface area contributed by atoms with E-state index in [0.29, 0.717) is 13.0 Å². The summed E-state index contributed by atoms with van der Waals surface area (Å²) in [7, 11) is 0. The van der Waals surface area contributed by atoms with Crippen LogP contribution in [-0.4, -0.2) is 18.2 Å². The van der Waals surface area contributed by atoms with Gasteiger partial charge in [-0.3, -0.25) is 0 Å². The average Bonchev–Trinajstić information content (AvgIpc) is 2.47. The molecule has 0 bridgehead atoms. The van der Waals surface area contributed by atoms with Crippen LogP contribution in [0, 0.1) is 11.8 Å². The third-order valence-electron chi connectivity index (χ3n) is 3.10. The number of carbonyl (C=O) groups excluding carboxylic acids is 1. The van der Waals surface area contributed by atoms with Gasteiger partial charge >= 0.3 is 6.09 Å². The van der Waals surface area contributed by atoms with Crippen molar-refractivity contribution in [3.63, 3.8) is 0 Å². The van der Waals surface area contributed by atoms with Gasteiger partial charge in [0.05, 0.1) is 0 Å². The molecule has 0 aromatic heterocycles. The topological polar surface area (TPSA) is 64.3 Å². The maximum absolute atomic E-state index is 11.5. The predicted molar refractivity (Wildman–Crippen MR) is 94.1 cm³/mol. The van der Waals surface area contributed by atoms with Crippen LogP contribution in [0.1, 0.15) is 32.8 Å². The molecule has 0 aliphatic carbocycles. The first-order valence-electron chi connectivity index (χ1n) is 7.60. The van der Waals surface area contributed by atoms with Crippen molar-refractivity contribution in [2.75, 3.05) is 12.3 Å². The Kier molecular flexibility index (Phi) is 5.13. The number of hydrogen-bond acceptors (Lipinski definition) is 3. The van der Waals surface area contributed by atoms with Crippen LogP contribution < -0.4 is 11.1 Å². The Hall–Kier alpha value is -2.67. The maximum atomic E-state index is 11.5. The molecule has 0 saturated carbocycles. The summed E-state index contributed by atoms with van der Waals surface area (Å²) in [6.45, 7) is 5.95. The van der Waals surface area contributed by atoms with Gasteiger partial charge in [0.2, 0.25) is 0 Å². The largest absolute Gasteiger partial charge is 0.444 e. The van der Waals surface area contributed by atoms with Crippen molar-refractivity contribution in [2.24, 2.45) is 0 Å². The van der Waals surface area contributed by atoms with E-state index in [1.165, 1.54) is 0 Å². The Bertz CT molecular complexity index is 764. The second kappa shape index (κ2) is 7.06. The average molecular weight is 310 g/mol. The van der Waals surface area contributed by atoms with Gasteiger partial charge in [0, 0.05) is 29.6 Å². The highest BCUT2D eigenvalue weighted by Gasteiger charge is 2.15. The Labute approximate surface area is 137 Å². The molecule has 3 N–H and O–H groups in total. The molecule has 0 radical (unpaired) electrons. The van der Waals surface area contributed by atoms with Crippen molar-refractivity contribution in [2.45, 2.75) is 32.8 Å². The number of anilines is 1. The fraction of sp³-hybridized carbons (Fsp3) is 0.316. The number of amides is 1. The van der Waals surface area contributed by atoms with Gasteiger partial charge in [-0.1, -0.05) is 36.1 Å². The van der Waals surface area contributed by atoms with Crippen molar-refractivity contribution in [1.29, 1.82) is 0 Å². The van der Waals surface area contributed by atoms with Gasteiger partial charge in [-0.25, -0.2) is 4.79 Å².